The normalized spacial score (nSPS) is 14.7. The van der Waals surface area contributed by atoms with Crippen molar-refractivity contribution in [2.45, 2.75) is 26.4 Å². The van der Waals surface area contributed by atoms with Gasteiger partial charge < -0.3 is 19.4 Å². The Bertz CT molecular complexity index is 2090. The summed E-state index contributed by atoms with van der Waals surface area (Å²) in [5.74, 6) is -0.0126. The second-order valence-corrected chi connectivity index (χ2v) is 11.2. The average Bonchev–Trinajstić information content (AvgIpc) is 3.53. The lowest BCUT2D eigenvalue weighted by Crippen LogP contribution is -2.40. The van der Waals surface area contributed by atoms with Gasteiger partial charge in [0.25, 0.3) is 11.5 Å². The number of thiazole rings is 1. The Hall–Kier alpha value is -5.22. The van der Waals surface area contributed by atoms with Crippen LogP contribution in [0.3, 0.4) is 0 Å². The lowest BCUT2D eigenvalue weighted by molar-refractivity contribution is -0.143. The topological polar surface area (TPSA) is 104 Å². The SMILES string of the molecule is CCOC(=O)Cn1cc(C=c2sc3n(c2=O)[C@@H](c2ccc(OC)cc2)C(C(=O)Nc2ccccc2)=C(C)N=3)c2ccccc21. The number of methoxy groups -OCH3 is 1. The molecule has 1 N–H and O–H groups in total. The van der Waals surface area contributed by atoms with E-state index in [9.17, 15) is 14.4 Å². The fourth-order valence-corrected chi connectivity index (χ4v) is 6.48. The zero-order valence-corrected chi connectivity index (χ0v) is 25.3. The van der Waals surface area contributed by atoms with E-state index in [2.05, 4.69) is 5.32 Å². The minimum Gasteiger partial charge on any atom is -0.497 e. The molecule has 0 saturated carbocycles. The van der Waals surface area contributed by atoms with Crippen LogP contribution >= 0.6 is 11.3 Å². The minimum atomic E-state index is -0.715. The molecule has 5 aromatic rings. The van der Waals surface area contributed by atoms with Crippen LogP contribution in [-0.2, 0) is 20.9 Å². The Balaban J connectivity index is 1.49. The average molecular weight is 607 g/mol. The van der Waals surface area contributed by atoms with E-state index >= 15 is 0 Å². The van der Waals surface area contributed by atoms with Gasteiger partial charge in [0, 0.05) is 28.4 Å². The van der Waals surface area contributed by atoms with Crippen molar-refractivity contribution < 1.29 is 19.1 Å². The van der Waals surface area contributed by atoms with Crippen LogP contribution in [0.2, 0.25) is 0 Å². The van der Waals surface area contributed by atoms with Crippen molar-refractivity contribution in [1.82, 2.24) is 9.13 Å². The van der Waals surface area contributed by atoms with E-state index < -0.39 is 6.04 Å². The van der Waals surface area contributed by atoms with Crippen molar-refractivity contribution in [2.75, 3.05) is 19.0 Å². The number of allylic oxidation sites excluding steroid dienone is 1. The first-order valence-corrected chi connectivity index (χ1v) is 15.0. The smallest absolute Gasteiger partial charge is 0.325 e. The van der Waals surface area contributed by atoms with Crippen LogP contribution < -0.4 is 24.9 Å². The van der Waals surface area contributed by atoms with E-state index in [0.717, 1.165) is 22.0 Å². The van der Waals surface area contributed by atoms with Gasteiger partial charge in [0.05, 0.1) is 35.6 Å². The highest BCUT2D eigenvalue weighted by Crippen LogP contribution is 2.32. The molecule has 3 aromatic carbocycles. The van der Waals surface area contributed by atoms with E-state index in [1.54, 1.807) is 25.5 Å². The lowest BCUT2D eigenvalue weighted by atomic mass is 9.95. The van der Waals surface area contributed by atoms with Gasteiger partial charge in [-0.3, -0.25) is 19.0 Å². The number of aromatic nitrogens is 2. The third-order valence-corrected chi connectivity index (χ3v) is 8.42. The number of fused-ring (bicyclic) bond motifs is 2. The number of rotatable bonds is 8. The molecule has 0 radical (unpaired) electrons. The van der Waals surface area contributed by atoms with Crippen molar-refractivity contribution in [3.63, 3.8) is 0 Å². The van der Waals surface area contributed by atoms with Gasteiger partial charge in [-0.2, -0.15) is 0 Å². The first-order chi connectivity index (χ1) is 21.4. The predicted octanol–water partition coefficient (Wildman–Crippen LogP) is 4.40. The predicted molar refractivity (Wildman–Crippen MR) is 170 cm³/mol. The summed E-state index contributed by atoms with van der Waals surface area (Å²) in [5, 5.41) is 3.86. The van der Waals surface area contributed by atoms with Gasteiger partial charge >= 0.3 is 5.97 Å². The molecule has 0 saturated heterocycles. The quantitative estimate of drug-likeness (QED) is 0.264. The van der Waals surface area contributed by atoms with E-state index in [1.807, 2.05) is 95.7 Å². The number of hydrogen-bond donors (Lipinski definition) is 1. The van der Waals surface area contributed by atoms with Crippen LogP contribution in [-0.4, -0.2) is 34.7 Å². The third-order valence-electron chi connectivity index (χ3n) is 7.44. The van der Waals surface area contributed by atoms with Gasteiger partial charge in [0.15, 0.2) is 4.80 Å². The maximum absolute atomic E-state index is 14.2. The summed E-state index contributed by atoms with van der Waals surface area (Å²) >= 11 is 1.26. The van der Waals surface area contributed by atoms with E-state index in [1.165, 1.54) is 11.3 Å². The van der Waals surface area contributed by atoms with Gasteiger partial charge in [-0.1, -0.05) is 59.9 Å². The number of amides is 1. The molecule has 0 spiro atoms. The van der Waals surface area contributed by atoms with Crippen LogP contribution in [0.5, 0.6) is 5.75 Å². The number of benzene rings is 3. The molecule has 0 bridgehead atoms. The monoisotopic (exact) mass is 606 g/mol. The Morgan fingerprint density at radius 3 is 2.48 bits per heavy atom. The number of anilines is 1. The summed E-state index contributed by atoms with van der Waals surface area (Å²) in [5.41, 5.74) is 3.66. The second-order valence-electron chi connectivity index (χ2n) is 10.2. The van der Waals surface area contributed by atoms with Gasteiger partial charge in [-0.15, -0.1) is 0 Å². The molecular formula is C34H30N4O5S. The maximum Gasteiger partial charge on any atom is 0.325 e. The lowest BCUT2D eigenvalue weighted by Gasteiger charge is -2.25. The first kappa shape index (κ1) is 28.9. The van der Waals surface area contributed by atoms with E-state index in [0.29, 0.717) is 38.6 Å². The zero-order chi connectivity index (χ0) is 30.8. The van der Waals surface area contributed by atoms with Crippen LogP contribution in [0.15, 0.2) is 106 Å². The molecule has 10 heteroatoms. The summed E-state index contributed by atoms with van der Waals surface area (Å²) in [6.07, 6.45) is 3.67. The van der Waals surface area contributed by atoms with Crippen LogP contribution in [0, 0.1) is 0 Å². The molecule has 0 fully saturated rings. The number of para-hydroxylation sites is 2. The maximum atomic E-state index is 14.2. The van der Waals surface area contributed by atoms with Crippen molar-refractivity contribution >= 4 is 45.9 Å². The molecule has 1 atom stereocenters. The molecule has 1 amide bonds. The second kappa shape index (κ2) is 12.2. The Kier molecular flexibility index (Phi) is 7.99. The van der Waals surface area contributed by atoms with Gasteiger partial charge in [0.2, 0.25) is 0 Å². The minimum absolute atomic E-state index is 0.0555. The number of hydrogen-bond acceptors (Lipinski definition) is 7. The van der Waals surface area contributed by atoms with E-state index in [-0.39, 0.29) is 24.0 Å². The first-order valence-electron chi connectivity index (χ1n) is 14.1. The third kappa shape index (κ3) is 5.47. The Morgan fingerprint density at radius 1 is 1.02 bits per heavy atom. The number of esters is 1. The van der Waals surface area contributed by atoms with Crippen molar-refractivity contribution in [3.05, 3.63) is 127 Å². The van der Waals surface area contributed by atoms with Crippen LogP contribution in [0.4, 0.5) is 5.69 Å². The molecule has 9 nitrogen and oxygen atoms in total. The summed E-state index contributed by atoms with van der Waals surface area (Å²) in [6, 6.07) is 23.5. The fraction of sp³-hybridized carbons (Fsp3) is 0.176. The Morgan fingerprint density at radius 2 is 1.75 bits per heavy atom. The molecule has 3 heterocycles. The number of nitrogens with zero attached hydrogens (tertiary/aromatic N) is 3. The van der Waals surface area contributed by atoms with Crippen molar-refractivity contribution in [3.8, 4) is 5.75 Å². The van der Waals surface area contributed by atoms with Crippen molar-refractivity contribution in [1.29, 1.82) is 0 Å². The van der Waals surface area contributed by atoms with Gasteiger partial charge in [0.1, 0.15) is 12.3 Å². The largest absolute Gasteiger partial charge is 0.497 e. The zero-order valence-electron chi connectivity index (χ0n) is 24.4. The molecule has 1 aliphatic heterocycles. The number of carbonyl (C=O) groups excluding carboxylic acids is 2. The molecule has 0 aliphatic carbocycles. The van der Waals surface area contributed by atoms with Crippen LogP contribution in [0.1, 0.15) is 31.0 Å². The Labute approximate surface area is 257 Å². The molecule has 44 heavy (non-hydrogen) atoms. The fourth-order valence-electron chi connectivity index (χ4n) is 5.44. The molecule has 2 aromatic heterocycles. The van der Waals surface area contributed by atoms with E-state index in [4.69, 9.17) is 14.5 Å². The summed E-state index contributed by atoms with van der Waals surface area (Å²) in [4.78, 5) is 45.5. The highest BCUT2D eigenvalue weighted by Gasteiger charge is 2.32. The van der Waals surface area contributed by atoms with Crippen molar-refractivity contribution in [2.24, 2.45) is 4.99 Å². The summed E-state index contributed by atoms with van der Waals surface area (Å²) in [6.45, 7) is 3.91. The standard InChI is InChI=1S/C34H30N4O5S/c1-4-43-29(39)20-37-19-23(26-12-8-9-13-27(26)37)18-28-33(41)38-31(22-14-16-25(42-3)17-15-22)30(21(2)35-34(38)44-28)32(40)36-24-10-6-5-7-11-24/h5-19,31H,4,20H2,1-3H3,(H,36,40)/t31-/m0/s1. The highest BCUT2D eigenvalue weighted by atomic mass is 32.1. The van der Waals surface area contributed by atoms with Gasteiger partial charge in [-0.25, -0.2) is 4.99 Å². The summed E-state index contributed by atoms with van der Waals surface area (Å²) in [7, 11) is 1.59. The molecule has 0 unspecified atom stereocenters. The van der Waals surface area contributed by atoms with Gasteiger partial charge in [-0.05, 0) is 55.8 Å². The molecule has 1 aliphatic rings. The molecule has 222 valence electrons. The number of carbonyl (C=O) groups is 2. The highest BCUT2D eigenvalue weighted by molar-refractivity contribution is 7.07. The molecule has 6 rings (SSSR count). The number of ether oxygens (including phenoxy) is 2. The molecular weight excluding hydrogens is 576 g/mol. The van der Waals surface area contributed by atoms with Crippen LogP contribution in [0.25, 0.3) is 17.0 Å². The number of nitrogens with one attached hydrogen (secondary N) is 1. The summed E-state index contributed by atoms with van der Waals surface area (Å²) < 4.78 is 14.4.